The number of aryl methyl sites for hydroxylation is 1. The molecule has 2 aromatic rings. The number of aromatic nitrogens is 1. The molecule has 1 amide bonds. The van der Waals surface area contributed by atoms with Crippen LogP contribution in [0.25, 0.3) is 0 Å². The number of nitrogens with zero attached hydrogens (tertiary/aromatic N) is 1. The van der Waals surface area contributed by atoms with Gasteiger partial charge in [0.15, 0.2) is 0 Å². The van der Waals surface area contributed by atoms with Crippen LogP contribution in [0.4, 0.5) is 5.82 Å². The summed E-state index contributed by atoms with van der Waals surface area (Å²) in [4.78, 5) is 17.0. The molecule has 5 nitrogen and oxygen atoms in total. The van der Waals surface area contributed by atoms with E-state index in [1.54, 1.807) is 6.20 Å². The van der Waals surface area contributed by atoms with Crippen molar-refractivity contribution in [3.8, 4) is 0 Å². The quantitative estimate of drug-likeness (QED) is 0.822. The molecule has 1 aromatic heterocycles. The van der Waals surface area contributed by atoms with Crippen LogP contribution in [-0.2, 0) is 9.31 Å². The van der Waals surface area contributed by atoms with Gasteiger partial charge in [-0.05, 0) is 88.2 Å². The molecule has 28 heavy (non-hydrogen) atoms. The van der Waals surface area contributed by atoms with Crippen molar-refractivity contribution in [2.75, 3.05) is 5.32 Å². The second kappa shape index (κ2) is 6.71. The fraction of sp³-hybridized carbons (Fsp3) is 0.455. The molecule has 1 saturated carbocycles. The normalized spacial score (nSPS) is 20.2. The van der Waals surface area contributed by atoms with Gasteiger partial charge >= 0.3 is 7.12 Å². The van der Waals surface area contributed by atoms with Crippen LogP contribution >= 0.6 is 0 Å². The highest BCUT2D eigenvalue weighted by Crippen LogP contribution is 2.40. The van der Waals surface area contributed by atoms with Gasteiger partial charge in [-0.2, -0.15) is 0 Å². The maximum atomic E-state index is 12.8. The Hall–Kier alpha value is -2.18. The number of benzene rings is 1. The van der Waals surface area contributed by atoms with Gasteiger partial charge in [0.25, 0.3) is 5.91 Å². The molecule has 2 fully saturated rings. The number of hydrogen-bond donors (Lipinski definition) is 1. The molecule has 146 valence electrons. The minimum absolute atomic E-state index is 0.154. The first-order valence-corrected chi connectivity index (χ1v) is 9.90. The summed E-state index contributed by atoms with van der Waals surface area (Å²) in [5, 5.41) is 2.92. The van der Waals surface area contributed by atoms with Gasteiger partial charge in [0.05, 0.1) is 11.2 Å². The zero-order valence-electron chi connectivity index (χ0n) is 17.2. The van der Waals surface area contributed by atoms with Crippen molar-refractivity contribution in [2.24, 2.45) is 0 Å². The van der Waals surface area contributed by atoms with Gasteiger partial charge in [-0.25, -0.2) is 4.98 Å². The number of pyridine rings is 1. The van der Waals surface area contributed by atoms with Gasteiger partial charge in [0.2, 0.25) is 0 Å². The third-order valence-electron chi connectivity index (χ3n) is 6.09. The van der Waals surface area contributed by atoms with Crippen LogP contribution in [0.3, 0.4) is 0 Å². The molecule has 1 aliphatic carbocycles. The number of carbonyl (C=O) groups is 1. The Bertz CT molecular complexity index is 906. The van der Waals surface area contributed by atoms with Gasteiger partial charge in [-0.1, -0.05) is 12.1 Å². The zero-order valence-corrected chi connectivity index (χ0v) is 17.2. The highest BCUT2D eigenvalue weighted by Gasteiger charge is 2.51. The van der Waals surface area contributed by atoms with E-state index in [9.17, 15) is 4.79 Å². The van der Waals surface area contributed by atoms with Gasteiger partial charge < -0.3 is 14.6 Å². The van der Waals surface area contributed by atoms with Gasteiger partial charge in [0, 0.05) is 11.8 Å². The fourth-order valence-electron chi connectivity index (χ4n) is 3.44. The molecule has 4 rings (SSSR count). The first kappa shape index (κ1) is 19.2. The monoisotopic (exact) mass is 378 g/mol. The van der Waals surface area contributed by atoms with E-state index in [0.717, 1.165) is 11.0 Å². The number of amides is 1. The van der Waals surface area contributed by atoms with Crippen LogP contribution in [-0.4, -0.2) is 29.2 Å². The van der Waals surface area contributed by atoms with Crippen LogP contribution < -0.4 is 10.8 Å². The first-order valence-electron chi connectivity index (χ1n) is 9.90. The largest absolute Gasteiger partial charge is 0.494 e. The Kier molecular flexibility index (Phi) is 4.59. The molecular weight excluding hydrogens is 351 g/mol. The van der Waals surface area contributed by atoms with E-state index in [2.05, 4.69) is 10.3 Å². The molecule has 1 aromatic carbocycles. The molecule has 0 bridgehead atoms. The lowest BCUT2D eigenvalue weighted by Gasteiger charge is -2.32. The van der Waals surface area contributed by atoms with Gasteiger partial charge in [0.1, 0.15) is 5.82 Å². The summed E-state index contributed by atoms with van der Waals surface area (Å²) < 4.78 is 12.2. The van der Waals surface area contributed by atoms with E-state index in [1.807, 2.05) is 65.0 Å². The zero-order chi connectivity index (χ0) is 20.1. The van der Waals surface area contributed by atoms with E-state index >= 15 is 0 Å². The molecule has 2 heterocycles. The van der Waals surface area contributed by atoms with E-state index in [1.165, 1.54) is 18.4 Å². The van der Waals surface area contributed by atoms with Crippen molar-refractivity contribution in [1.29, 1.82) is 0 Å². The van der Waals surface area contributed by atoms with Crippen LogP contribution in [0.5, 0.6) is 0 Å². The van der Waals surface area contributed by atoms with Gasteiger partial charge in [-0.3, -0.25) is 4.79 Å². The van der Waals surface area contributed by atoms with E-state index < -0.39 is 7.12 Å². The molecule has 0 spiro atoms. The van der Waals surface area contributed by atoms with Crippen molar-refractivity contribution in [1.82, 2.24) is 4.98 Å². The topological polar surface area (TPSA) is 60.5 Å². The number of rotatable bonds is 4. The smallest absolute Gasteiger partial charge is 0.399 e. The molecule has 6 heteroatoms. The molecule has 0 atom stereocenters. The second-order valence-electron chi connectivity index (χ2n) is 8.87. The summed E-state index contributed by atoms with van der Waals surface area (Å²) in [7, 11) is -0.433. The molecule has 1 saturated heterocycles. The minimum Gasteiger partial charge on any atom is -0.399 e. The van der Waals surface area contributed by atoms with Crippen molar-refractivity contribution < 1.29 is 14.1 Å². The number of anilines is 1. The van der Waals surface area contributed by atoms with Crippen LogP contribution in [0.1, 0.15) is 67.9 Å². The Labute approximate surface area is 167 Å². The third kappa shape index (κ3) is 3.59. The molecule has 2 aliphatic rings. The molecule has 0 radical (unpaired) electrons. The summed E-state index contributed by atoms with van der Waals surface area (Å²) in [6.45, 7) is 10.1. The second-order valence-corrected chi connectivity index (χ2v) is 8.87. The van der Waals surface area contributed by atoms with Crippen molar-refractivity contribution in [3.63, 3.8) is 0 Å². The lowest BCUT2D eigenvalue weighted by Crippen LogP contribution is -2.41. The summed E-state index contributed by atoms with van der Waals surface area (Å²) in [6, 6.07) is 9.70. The summed E-state index contributed by atoms with van der Waals surface area (Å²) in [6.07, 6.45) is 4.20. The van der Waals surface area contributed by atoms with Gasteiger partial charge in [-0.15, -0.1) is 0 Å². The average molecular weight is 378 g/mol. The third-order valence-corrected chi connectivity index (χ3v) is 6.09. The standard InChI is InChI=1S/C22H27BN2O3/c1-14-12-17(23-27-21(2,3)22(4,5)28-23)8-9-18(14)20(26)25-19-13-16(10-11-24-19)15-6-7-15/h8-13,15H,6-7H2,1-5H3,(H,24,25,26). The maximum absolute atomic E-state index is 12.8. The van der Waals surface area contributed by atoms with Crippen LogP contribution in [0.15, 0.2) is 36.5 Å². The summed E-state index contributed by atoms with van der Waals surface area (Å²) in [5.41, 5.74) is 2.89. The molecule has 1 aliphatic heterocycles. The Morgan fingerprint density at radius 3 is 2.39 bits per heavy atom. The molecular formula is C22H27BN2O3. The Morgan fingerprint density at radius 1 is 1.11 bits per heavy atom. The lowest BCUT2D eigenvalue weighted by molar-refractivity contribution is 0.00578. The highest BCUT2D eigenvalue weighted by molar-refractivity contribution is 6.62. The van der Waals surface area contributed by atoms with Crippen LogP contribution in [0, 0.1) is 6.92 Å². The fourth-order valence-corrected chi connectivity index (χ4v) is 3.44. The maximum Gasteiger partial charge on any atom is 0.494 e. The van der Waals surface area contributed by atoms with E-state index in [0.29, 0.717) is 17.3 Å². The van der Waals surface area contributed by atoms with Crippen LogP contribution in [0.2, 0.25) is 0 Å². The van der Waals surface area contributed by atoms with Crippen molar-refractivity contribution in [2.45, 2.75) is 64.6 Å². The highest BCUT2D eigenvalue weighted by atomic mass is 16.7. The molecule has 1 N–H and O–H groups in total. The number of carbonyl (C=O) groups excluding carboxylic acids is 1. The molecule has 0 unspecified atom stereocenters. The predicted molar refractivity (Wildman–Crippen MR) is 111 cm³/mol. The first-order chi connectivity index (χ1) is 13.2. The Morgan fingerprint density at radius 2 is 1.79 bits per heavy atom. The van der Waals surface area contributed by atoms with E-state index in [4.69, 9.17) is 9.31 Å². The Balaban J connectivity index is 1.50. The number of nitrogens with one attached hydrogen (secondary N) is 1. The summed E-state index contributed by atoms with van der Waals surface area (Å²) >= 11 is 0. The van der Waals surface area contributed by atoms with Crippen molar-refractivity contribution in [3.05, 3.63) is 53.2 Å². The van der Waals surface area contributed by atoms with E-state index in [-0.39, 0.29) is 17.1 Å². The van der Waals surface area contributed by atoms with Crippen molar-refractivity contribution >= 4 is 24.3 Å². The number of hydrogen-bond acceptors (Lipinski definition) is 4. The predicted octanol–water partition coefficient (Wildman–Crippen LogP) is 3.82. The summed E-state index contributed by atoms with van der Waals surface area (Å²) in [5.74, 6) is 1.07. The minimum atomic E-state index is -0.433. The lowest BCUT2D eigenvalue weighted by atomic mass is 9.78. The SMILES string of the molecule is Cc1cc(B2OC(C)(C)C(C)(C)O2)ccc1C(=O)Nc1cc(C2CC2)ccn1. The average Bonchev–Trinajstić information content (AvgIpc) is 3.42.